The fourth-order valence-electron chi connectivity index (χ4n) is 1.72. The van der Waals surface area contributed by atoms with Gasteiger partial charge in [-0.2, -0.15) is 0 Å². The quantitative estimate of drug-likeness (QED) is 0.798. The number of hydrogen-bond donors (Lipinski definition) is 1. The van der Waals surface area contributed by atoms with Gasteiger partial charge in [-0.05, 0) is 30.5 Å². The lowest BCUT2D eigenvalue weighted by molar-refractivity contribution is 0.410. The number of methoxy groups -OCH3 is 1. The molecule has 1 rings (SSSR count). The molecule has 0 saturated heterocycles. The lowest BCUT2D eigenvalue weighted by Gasteiger charge is -2.15. The Morgan fingerprint density at radius 1 is 1.43 bits per heavy atom. The molecular weight excluding hydrogens is 174 g/mol. The van der Waals surface area contributed by atoms with E-state index in [9.17, 15) is 0 Å². The van der Waals surface area contributed by atoms with E-state index in [4.69, 9.17) is 10.5 Å². The second kappa shape index (κ2) is 5.01. The molecule has 0 bridgehead atoms. The van der Waals surface area contributed by atoms with Crippen LogP contribution in [0.4, 0.5) is 0 Å². The van der Waals surface area contributed by atoms with Crippen molar-refractivity contribution in [2.45, 2.75) is 32.7 Å². The topological polar surface area (TPSA) is 35.2 Å². The van der Waals surface area contributed by atoms with E-state index in [0.29, 0.717) is 0 Å². The van der Waals surface area contributed by atoms with E-state index in [1.807, 2.05) is 12.1 Å². The molecule has 0 heterocycles. The van der Waals surface area contributed by atoms with Crippen molar-refractivity contribution in [2.24, 2.45) is 5.73 Å². The van der Waals surface area contributed by atoms with Crippen molar-refractivity contribution in [3.05, 3.63) is 29.3 Å². The highest BCUT2D eigenvalue weighted by atomic mass is 16.5. The maximum atomic E-state index is 6.07. The molecule has 0 fully saturated rings. The fourth-order valence-corrected chi connectivity index (χ4v) is 1.72. The molecule has 0 radical (unpaired) electrons. The zero-order chi connectivity index (χ0) is 10.6. The van der Waals surface area contributed by atoms with Crippen LogP contribution in [0.5, 0.6) is 5.75 Å². The zero-order valence-corrected chi connectivity index (χ0v) is 9.21. The van der Waals surface area contributed by atoms with Gasteiger partial charge >= 0.3 is 0 Å². The van der Waals surface area contributed by atoms with Gasteiger partial charge in [0, 0.05) is 6.04 Å². The molecule has 1 aromatic carbocycles. The largest absolute Gasteiger partial charge is 0.496 e. The van der Waals surface area contributed by atoms with Gasteiger partial charge in [-0.1, -0.05) is 25.5 Å². The van der Waals surface area contributed by atoms with E-state index in [0.717, 1.165) is 24.2 Å². The molecule has 0 aromatic heterocycles. The van der Waals surface area contributed by atoms with Crippen LogP contribution in [-0.2, 0) is 0 Å². The molecule has 1 aromatic rings. The summed E-state index contributed by atoms with van der Waals surface area (Å²) in [6.45, 7) is 4.21. The second-order valence-electron chi connectivity index (χ2n) is 3.57. The first-order chi connectivity index (χ1) is 6.70. The van der Waals surface area contributed by atoms with Crippen LogP contribution in [0.15, 0.2) is 18.2 Å². The van der Waals surface area contributed by atoms with E-state index in [-0.39, 0.29) is 6.04 Å². The summed E-state index contributed by atoms with van der Waals surface area (Å²) in [6, 6.07) is 6.18. The summed E-state index contributed by atoms with van der Waals surface area (Å²) in [5.41, 5.74) is 8.44. The Labute approximate surface area is 86.1 Å². The van der Waals surface area contributed by atoms with Gasteiger partial charge in [0.05, 0.1) is 7.11 Å². The Morgan fingerprint density at radius 2 is 2.14 bits per heavy atom. The first-order valence-electron chi connectivity index (χ1n) is 5.09. The van der Waals surface area contributed by atoms with Gasteiger partial charge in [-0.3, -0.25) is 0 Å². The monoisotopic (exact) mass is 193 g/mol. The average Bonchev–Trinajstić information content (AvgIpc) is 2.18. The summed E-state index contributed by atoms with van der Waals surface area (Å²) in [6.07, 6.45) is 2.13. The van der Waals surface area contributed by atoms with Crippen LogP contribution in [0, 0.1) is 6.92 Å². The van der Waals surface area contributed by atoms with Gasteiger partial charge in [-0.25, -0.2) is 0 Å². The highest BCUT2D eigenvalue weighted by Crippen LogP contribution is 2.26. The van der Waals surface area contributed by atoms with Crippen molar-refractivity contribution in [3.8, 4) is 5.75 Å². The van der Waals surface area contributed by atoms with E-state index in [1.54, 1.807) is 7.11 Å². The molecule has 1 atom stereocenters. The predicted molar refractivity (Wildman–Crippen MR) is 59.6 cm³/mol. The first-order valence-corrected chi connectivity index (χ1v) is 5.09. The van der Waals surface area contributed by atoms with Crippen molar-refractivity contribution in [1.82, 2.24) is 0 Å². The Balaban J connectivity index is 2.96. The van der Waals surface area contributed by atoms with E-state index in [2.05, 4.69) is 19.9 Å². The van der Waals surface area contributed by atoms with Crippen molar-refractivity contribution < 1.29 is 4.74 Å². The zero-order valence-electron chi connectivity index (χ0n) is 9.21. The minimum absolute atomic E-state index is 0.134. The fraction of sp³-hybridized carbons (Fsp3) is 0.500. The van der Waals surface area contributed by atoms with Gasteiger partial charge in [0.15, 0.2) is 0 Å². The van der Waals surface area contributed by atoms with E-state index < -0.39 is 0 Å². The number of ether oxygens (including phenoxy) is 1. The summed E-state index contributed by atoms with van der Waals surface area (Å²) in [4.78, 5) is 0. The maximum Gasteiger partial charge on any atom is 0.122 e. The van der Waals surface area contributed by atoms with Crippen LogP contribution >= 0.6 is 0 Å². The van der Waals surface area contributed by atoms with Gasteiger partial charge in [0.25, 0.3) is 0 Å². The van der Waals surface area contributed by atoms with Crippen molar-refractivity contribution in [2.75, 3.05) is 7.11 Å². The third kappa shape index (κ3) is 2.26. The molecule has 0 saturated carbocycles. The lowest BCUT2D eigenvalue weighted by Crippen LogP contribution is -2.11. The molecule has 0 amide bonds. The highest BCUT2D eigenvalue weighted by Gasteiger charge is 2.10. The Kier molecular flexibility index (Phi) is 3.96. The molecule has 78 valence electrons. The lowest BCUT2D eigenvalue weighted by atomic mass is 9.98. The third-order valence-corrected chi connectivity index (χ3v) is 2.55. The van der Waals surface area contributed by atoms with Crippen molar-refractivity contribution in [1.29, 1.82) is 0 Å². The molecule has 14 heavy (non-hydrogen) atoms. The molecule has 0 aliphatic carbocycles. The van der Waals surface area contributed by atoms with Crippen molar-refractivity contribution >= 4 is 0 Å². The number of rotatable bonds is 4. The van der Waals surface area contributed by atoms with E-state index in [1.165, 1.54) is 5.56 Å². The molecule has 0 unspecified atom stereocenters. The summed E-state index contributed by atoms with van der Waals surface area (Å²) in [5.74, 6) is 0.925. The maximum absolute atomic E-state index is 6.07. The Bertz CT molecular complexity index is 296. The minimum atomic E-state index is 0.134. The molecule has 0 spiro atoms. The number of hydrogen-bond acceptors (Lipinski definition) is 2. The molecule has 2 N–H and O–H groups in total. The van der Waals surface area contributed by atoms with Crippen molar-refractivity contribution in [3.63, 3.8) is 0 Å². The van der Waals surface area contributed by atoms with Crippen LogP contribution < -0.4 is 10.5 Å². The average molecular weight is 193 g/mol. The standard InChI is InChI=1S/C12H19NO/c1-4-6-11(13)10-7-5-8-12(14-3)9(10)2/h5,7-8,11H,4,6,13H2,1-3H3/t11-/m1/s1. The summed E-state index contributed by atoms with van der Waals surface area (Å²) >= 11 is 0. The first kappa shape index (κ1) is 11.1. The highest BCUT2D eigenvalue weighted by molar-refractivity contribution is 5.40. The Morgan fingerprint density at radius 3 is 2.71 bits per heavy atom. The van der Waals surface area contributed by atoms with Crippen LogP contribution in [0.1, 0.15) is 36.9 Å². The molecule has 2 nitrogen and oxygen atoms in total. The summed E-state index contributed by atoms with van der Waals surface area (Å²) < 4.78 is 5.26. The van der Waals surface area contributed by atoms with Crippen LogP contribution in [0.3, 0.4) is 0 Å². The Hall–Kier alpha value is -1.02. The van der Waals surface area contributed by atoms with Crippen LogP contribution in [0.2, 0.25) is 0 Å². The molecule has 0 aliphatic rings. The normalized spacial score (nSPS) is 12.6. The number of nitrogens with two attached hydrogens (primary N) is 1. The van der Waals surface area contributed by atoms with Gasteiger partial charge < -0.3 is 10.5 Å². The van der Waals surface area contributed by atoms with Crippen LogP contribution in [-0.4, -0.2) is 7.11 Å². The van der Waals surface area contributed by atoms with Gasteiger partial charge in [0.1, 0.15) is 5.75 Å². The SMILES string of the molecule is CCC[C@@H](N)c1cccc(OC)c1C. The summed E-state index contributed by atoms with van der Waals surface area (Å²) in [5, 5.41) is 0. The molecule has 2 heteroatoms. The van der Waals surface area contributed by atoms with Gasteiger partial charge in [-0.15, -0.1) is 0 Å². The minimum Gasteiger partial charge on any atom is -0.496 e. The van der Waals surface area contributed by atoms with E-state index >= 15 is 0 Å². The molecule has 0 aliphatic heterocycles. The second-order valence-corrected chi connectivity index (χ2v) is 3.57. The third-order valence-electron chi connectivity index (χ3n) is 2.55. The van der Waals surface area contributed by atoms with Crippen LogP contribution in [0.25, 0.3) is 0 Å². The number of benzene rings is 1. The predicted octanol–water partition coefficient (Wildman–Crippen LogP) is 2.80. The van der Waals surface area contributed by atoms with Gasteiger partial charge in [0.2, 0.25) is 0 Å². The molecular formula is C12H19NO. The smallest absolute Gasteiger partial charge is 0.122 e. The summed E-state index contributed by atoms with van der Waals surface area (Å²) in [7, 11) is 1.69.